The first-order chi connectivity index (χ1) is 11.6. The molecule has 1 aliphatic rings. The summed E-state index contributed by atoms with van der Waals surface area (Å²) < 4.78 is 5.50. The SMILES string of the molecule is CCC(C)c1cc(C2CCCN(C(=O)c3ccccc3N)C2)no1. The molecule has 0 aliphatic carbocycles. The second-order valence-electron chi connectivity index (χ2n) is 6.64. The normalized spacial score (nSPS) is 19.2. The fourth-order valence-electron chi connectivity index (χ4n) is 3.19. The van der Waals surface area contributed by atoms with Gasteiger partial charge in [-0.15, -0.1) is 0 Å². The summed E-state index contributed by atoms with van der Waals surface area (Å²) in [5, 5.41) is 4.26. The molecule has 5 nitrogen and oxygen atoms in total. The second-order valence-corrected chi connectivity index (χ2v) is 6.64. The molecule has 3 rings (SSSR count). The van der Waals surface area contributed by atoms with Gasteiger partial charge < -0.3 is 15.2 Å². The molecule has 5 heteroatoms. The van der Waals surface area contributed by atoms with Crippen LogP contribution in [0.1, 0.15) is 66.8 Å². The van der Waals surface area contributed by atoms with Crippen molar-refractivity contribution in [2.45, 2.75) is 44.9 Å². The van der Waals surface area contributed by atoms with E-state index in [1.165, 1.54) is 0 Å². The predicted octanol–water partition coefficient (Wildman–Crippen LogP) is 3.79. The van der Waals surface area contributed by atoms with E-state index in [1.54, 1.807) is 12.1 Å². The van der Waals surface area contributed by atoms with Crippen molar-refractivity contribution in [3.8, 4) is 0 Å². The van der Waals surface area contributed by atoms with Crippen molar-refractivity contribution >= 4 is 11.6 Å². The number of rotatable bonds is 4. The number of benzene rings is 1. The van der Waals surface area contributed by atoms with E-state index in [9.17, 15) is 4.79 Å². The van der Waals surface area contributed by atoms with Crippen LogP contribution in [0.3, 0.4) is 0 Å². The molecule has 1 aromatic heterocycles. The number of piperidine rings is 1. The average molecular weight is 327 g/mol. The van der Waals surface area contributed by atoms with Gasteiger partial charge in [-0.3, -0.25) is 4.79 Å². The third-order valence-electron chi connectivity index (χ3n) is 4.96. The Balaban J connectivity index is 1.74. The number of hydrogen-bond acceptors (Lipinski definition) is 4. The molecule has 0 saturated carbocycles. The zero-order valence-electron chi connectivity index (χ0n) is 14.4. The Kier molecular flexibility index (Phi) is 4.88. The van der Waals surface area contributed by atoms with Crippen LogP contribution in [0.2, 0.25) is 0 Å². The smallest absolute Gasteiger partial charge is 0.255 e. The van der Waals surface area contributed by atoms with Gasteiger partial charge >= 0.3 is 0 Å². The minimum Gasteiger partial charge on any atom is -0.398 e. The fourth-order valence-corrected chi connectivity index (χ4v) is 3.19. The number of aromatic nitrogens is 1. The molecule has 128 valence electrons. The van der Waals surface area contributed by atoms with E-state index in [4.69, 9.17) is 10.3 Å². The Morgan fingerprint density at radius 2 is 2.25 bits per heavy atom. The Labute approximate surface area is 142 Å². The van der Waals surface area contributed by atoms with Crippen molar-refractivity contribution in [2.24, 2.45) is 0 Å². The Morgan fingerprint density at radius 3 is 3.00 bits per heavy atom. The molecule has 2 unspecified atom stereocenters. The van der Waals surface area contributed by atoms with Crippen molar-refractivity contribution in [1.82, 2.24) is 10.1 Å². The third kappa shape index (κ3) is 3.30. The van der Waals surface area contributed by atoms with Gasteiger partial charge in [0.1, 0.15) is 5.76 Å². The van der Waals surface area contributed by atoms with Crippen LogP contribution in [0, 0.1) is 0 Å². The van der Waals surface area contributed by atoms with Crippen molar-refractivity contribution in [3.05, 3.63) is 47.3 Å². The second kappa shape index (κ2) is 7.07. The van der Waals surface area contributed by atoms with Crippen molar-refractivity contribution in [3.63, 3.8) is 0 Å². The molecular weight excluding hydrogens is 302 g/mol. The first-order valence-electron chi connectivity index (χ1n) is 8.70. The zero-order valence-corrected chi connectivity index (χ0v) is 14.4. The summed E-state index contributed by atoms with van der Waals surface area (Å²) in [5.74, 6) is 1.54. The van der Waals surface area contributed by atoms with Gasteiger partial charge in [0.2, 0.25) is 0 Å². The van der Waals surface area contributed by atoms with E-state index in [1.807, 2.05) is 17.0 Å². The first-order valence-corrected chi connectivity index (χ1v) is 8.70. The van der Waals surface area contributed by atoms with Crippen LogP contribution in [0.4, 0.5) is 5.69 Å². The summed E-state index contributed by atoms with van der Waals surface area (Å²) >= 11 is 0. The Bertz CT molecular complexity index is 710. The van der Waals surface area contributed by atoms with Crippen LogP contribution in [0.25, 0.3) is 0 Å². The summed E-state index contributed by atoms with van der Waals surface area (Å²) in [4.78, 5) is 14.6. The number of nitrogen functional groups attached to an aromatic ring is 1. The lowest BCUT2D eigenvalue weighted by molar-refractivity contribution is 0.0705. The molecule has 1 amide bonds. The highest BCUT2D eigenvalue weighted by Crippen LogP contribution is 2.30. The monoisotopic (exact) mass is 327 g/mol. The number of nitrogens with two attached hydrogens (primary N) is 1. The molecule has 0 bridgehead atoms. The van der Waals surface area contributed by atoms with Crippen molar-refractivity contribution in [1.29, 1.82) is 0 Å². The van der Waals surface area contributed by atoms with Gasteiger partial charge in [-0.25, -0.2) is 0 Å². The van der Waals surface area contributed by atoms with Crippen LogP contribution in [0.5, 0.6) is 0 Å². The van der Waals surface area contributed by atoms with Gasteiger partial charge in [0.05, 0.1) is 11.3 Å². The summed E-state index contributed by atoms with van der Waals surface area (Å²) in [5.41, 5.74) is 8.03. The lowest BCUT2D eigenvalue weighted by Crippen LogP contribution is -2.39. The summed E-state index contributed by atoms with van der Waals surface area (Å²) in [7, 11) is 0. The number of nitrogens with zero attached hydrogens (tertiary/aromatic N) is 2. The maximum Gasteiger partial charge on any atom is 0.255 e. The van der Waals surface area contributed by atoms with E-state index in [0.29, 0.717) is 23.7 Å². The van der Waals surface area contributed by atoms with Crippen LogP contribution in [-0.4, -0.2) is 29.1 Å². The van der Waals surface area contributed by atoms with Gasteiger partial charge in [0, 0.05) is 36.7 Å². The molecule has 2 N–H and O–H groups in total. The first kappa shape index (κ1) is 16.6. The number of likely N-dealkylation sites (tertiary alicyclic amines) is 1. The van der Waals surface area contributed by atoms with E-state index in [-0.39, 0.29) is 11.8 Å². The highest BCUT2D eigenvalue weighted by atomic mass is 16.5. The maximum atomic E-state index is 12.8. The minimum atomic E-state index is 0.00319. The molecule has 2 heterocycles. The van der Waals surface area contributed by atoms with Gasteiger partial charge in [-0.1, -0.05) is 31.1 Å². The zero-order chi connectivity index (χ0) is 17.1. The van der Waals surface area contributed by atoms with Crippen LogP contribution >= 0.6 is 0 Å². The average Bonchev–Trinajstić information content (AvgIpc) is 3.11. The lowest BCUT2D eigenvalue weighted by atomic mass is 9.93. The summed E-state index contributed by atoms with van der Waals surface area (Å²) in [6, 6.07) is 9.31. The maximum absolute atomic E-state index is 12.8. The van der Waals surface area contributed by atoms with Crippen LogP contribution < -0.4 is 5.73 Å². The molecule has 1 saturated heterocycles. The Hall–Kier alpha value is -2.30. The van der Waals surface area contributed by atoms with E-state index in [0.717, 1.165) is 37.3 Å². The minimum absolute atomic E-state index is 0.00319. The quantitative estimate of drug-likeness (QED) is 0.867. The predicted molar refractivity (Wildman–Crippen MR) is 93.9 cm³/mol. The van der Waals surface area contributed by atoms with Crippen molar-refractivity contribution < 1.29 is 9.32 Å². The molecule has 24 heavy (non-hydrogen) atoms. The molecule has 2 aromatic rings. The van der Waals surface area contributed by atoms with Crippen LogP contribution in [-0.2, 0) is 0 Å². The van der Waals surface area contributed by atoms with Gasteiger partial charge in [-0.2, -0.15) is 0 Å². The number of carbonyl (C=O) groups excluding carboxylic acids is 1. The number of carbonyl (C=O) groups is 1. The molecule has 1 aliphatic heterocycles. The van der Waals surface area contributed by atoms with Gasteiger partial charge in [0.25, 0.3) is 5.91 Å². The van der Waals surface area contributed by atoms with Crippen molar-refractivity contribution in [2.75, 3.05) is 18.8 Å². The topological polar surface area (TPSA) is 72.4 Å². The molecule has 0 spiro atoms. The van der Waals surface area contributed by atoms with E-state index < -0.39 is 0 Å². The molecular formula is C19H25N3O2. The summed E-state index contributed by atoms with van der Waals surface area (Å²) in [6.07, 6.45) is 3.02. The van der Waals surface area contributed by atoms with Crippen LogP contribution in [0.15, 0.2) is 34.9 Å². The molecule has 2 atom stereocenters. The third-order valence-corrected chi connectivity index (χ3v) is 4.96. The van der Waals surface area contributed by atoms with Gasteiger partial charge in [0.15, 0.2) is 0 Å². The largest absolute Gasteiger partial charge is 0.398 e. The molecule has 1 aromatic carbocycles. The standard InChI is InChI=1S/C19H25N3O2/c1-3-13(2)18-11-17(21-24-18)14-7-6-10-22(12-14)19(23)15-8-4-5-9-16(15)20/h4-5,8-9,11,13-14H,3,6-7,10,12,20H2,1-2H3. The van der Waals surface area contributed by atoms with E-state index >= 15 is 0 Å². The number of hydrogen-bond donors (Lipinski definition) is 1. The number of para-hydroxylation sites is 1. The molecule has 1 fully saturated rings. The van der Waals surface area contributed by atoms with E-state index in [2.05, 4.69) is 25.1 Å². The molecule has 0 radical (unpaired) electrons. The Morgan fingerprint density at radius 1 is 1.46 bits per heavy atom. The fraction of sp³-hybridized carbons (Fsp3) is 0.474. The lowest BCUT2D eigenvalue weighted by Gasteiger charge is -2.32. The number of anilines is 1. The highest BCUT2D eigenvalue weighted by molar-refractivity contribution is 5.99. The van der Waals surface area contributed by atoms with Gasteiger partial charge in [-0.05, 0) is 31.4 Å². The number of amides is 1. The summed E-state index contributed by atoms with van der Waals surface area (Å²) in [6.45, 7) is 5.71. The highest BCUT2D eigenvalue weighted by Gasteiger charge is 2.28.